The van der Waals surface area contributed by atoms with Crippen LogP contribution in [0.2, 0.25) is 4.55 Å². The summed E-state index contributed by atoms with van der Waals surface area (Å²) in [7, 11) is 0. The van der Waals surface area contributed by atoms with Gasteiger partial charge in [-0.05, 0) is 20.3 Å². The highest BCUT2D eigenvalue weighted by atomic mass is 79.9. The monoisotopic (exact) mass is 190 g/mol. The second-order valence-electron chi connectivity index (χ2n) is 2.60. The molecule has 0 heterocycles. The third-order valence-electron chi connectivity index (χ3n) is 0.922. The van der Waals surface area contributed by atoms with Gasteiger partial charge in [0, 0.05) is 0 Å². The van der Waals surface area contributed by atoms with Gasteiger partial charge in [-0.3, -0.25) is 0 Å². The molecule has 1 N–H and O–H groups in total. The predicted molar refractivity (Wildman–Crippen MR) is 40.4 cm³/mol. The number of aliphatic hydroxyl groups is 1. The smallest absolute Gasteiger partial charge is 0.391 e. The summed E-state index contributed by atoms with van der Waals surface area (Å²) in [5.74, 6) is 0. The van der Waals surface area contributed by atoms with E-state index in [1.807, 2.05) is 13.8 Å². The van der Waals surface area contributed by atoms with Gasteiger partial charge in [0.1, 0.15) is 0 Å². The molecule has 0 spiro atoms. The Morgan fingerprint density at radius 3 is 2.25 bits per heavy atom. The molecule has 0 aromatic carbocycles. The molecule has 0 aromatic heterocycles. The van der Waals surface area contributed by atoms with Crippen molar-refractivity contribution in [1.82, 2.24) is 0 Å². The van der Waals surface area contributed by atoms with Gasteiger partial charge in [0.2, 0.25) is 0 Å². The maximum Gasteiger partial charge on any atom is 0.468 e. The molecule has 0 aromatic rings. The third-order valence-corrected chi connectivity index (χ3v) is 3.23. The third kappa shape index (κ3) is 7.21. The summed E-state index contributed by atoms with van der Waals surface area (Å²) >= 11 is 3.42. The van der Waals surface area contributed by atoms with Crippen LogP contribution in [0.3, 0.4) is 0 Å². The number of hydrogen-bond acceptors (Lipinski definition) is 1. The Bertz CT molecular complexity index is 59.9. The maximum absolute atomic E-state index is 9.15. The molecule has 0 radical (unpaired) electrons. The van der Waals surface area contributed by atoms with Crippen LogP contribution in [0.5, 0.6) is 0 Å². The fourth-order valence-electron chi connectivity index (χ4n) is 0.499. The Kier molecular flexibility index (Phi) is 4.71. The van der Waals surface area contributed by atoms with Gasteiger partial charge in [0.05, 0.1) is 5.60 Å². The zero-order valence-corrected chi connectivity index (χ0v) is 8.45. The van der Waals surface area contributed by atoms with Gasteiger partial charge in [0.15, 0.2) is 0 Å². The first-order valence-electron chi connectivity index (χ1n) is 2.84. The molecule has 0 aliphatic rings. The normalized spacial score (nSPS) is 11.0. The van der Waals surface area contributed by atoms with Crippen molar-refractivity contribution in [2.45, 2.75) is 30.4 Å². The Morgan fingerprint density at radius 1 is 1.62 bits per heavy atom. The van der Waals surface area contributed by atoms with Crippen molar-refractivity contribution < 1.29 is 5.11 Å². The molecule has 0 rings (SSSR count). The van der Waals surface area contributed by atoms with Crippen molar-refractivity contribution in [1.29, 1.82) is 0 Å². The Labute approximate surface area is 66.4 Å². The first kappa shape index (κ1) is 9.21. The van der Waals surface area contributed by atoms with E-state index >= 15 is 0 Å². The fourth-order valence-corrected chi connectivity index (χ4v) is 2.34. The summed E-state index contributed by atoms with van der Waals surface area (Å²) in [6.45, 7) is 3.70. The van der Waals surface area contributed by atoms with Crippen molar-refractivity contribution in [3.63, 3.8) is 0 Å². The highest BCUT2D eigenvalue weighted by Gasteiger charge is 2.10. The van der Waals surface area contributed by atoms with E-state index in [2.05, 4.69) is 12.9 Å². The van der Waals surface area contributed by atoms with Crippen LogP contribution in [0, 0.1) is 0 Å². The van der Waals surface area contributed by atoms with Gasteiger partial charge < -0.3 is 18.0 Å². The topological polar surface area (TPSA) is 20.2 Å². The van der Waals surface area contributed by atoms with E-state index in [0.29, 0.717) is 0 Å². The van der Waals surface area contributed by atoms with E-state index < -0.39 is 5.60 Å². The second kappa shape index (κ2) is 4.09. The molecule has 1 nitrogen and oxygen atoms in total. The molecule has 0 aliphatic carbocycles. The van der Waals surface area contributed by atoms with Gasteiger partial charge in [-0.1, -0.05) is 0 Å². The van der Waals surface area contributed by atoms with Crippen LogP contribution < -0.4 is 0 Å². The van der Waals surface area contributed by atoms with E-state index in [4.69, 9.17) is 5.11 Å². The lowest BCUT2D eigenvalue weighted by molar-refractivity contribution is 0.0766. The first-order valence-corrected chi connectivity index (χ1v) is 7.74. The molecular weight excluding hydrogens is 180 g/mol. The molecule has 3 heteroatoms. The molecule has 0 saturated heterocycles. The summed E-state index contributed by atoms with van der Waals surface area (Å²) in [5.41, 5.74) is -0.444. The van der Waals surface area contributed by atoms with Crippen molar-refractivity contribution >= 4 is 31.1 Å². The van der Waals surface area contributed by atoms with Crippen LogP contribution in [-0.4, -0.2) is 28.9 Å². The quantitative estimate of drug-likeness (QED) is 0.672. The van der Waals surface area contributed by atoms with E-state index in [1.54, 1.807) is 0 Å². The zero-order chi connectivity index (χ0) is 6.62. The van der Waals surface area contributed by atoms with Gasteiger partial charge in [0.25, 0.3) is 0 Å². The van der Waals surface area contributed by atoms with Gasteiger partial charge in [-0.15, -0.1) is 4.55 Å². The standard InChI is InChI=1S/C5H11O.BrH.Mg/c1-4-5(2,3)6;;/h6H,1,4H2,2-3H3;1H;/q;;+1/p-1. The predicted octanol–water partition coefficient (Wildman–Crippen LogP) is 1.58. The van der Waals surface area contributed by atoms with Crippen LogP contribution in [0.1, 0.15) is 20.3 Å². The Balaban J connectivity index is 3.11. The van der Waals surface area contributed by atoms with Crippen molar-refractivity contribution in [3.8, 4) is 0 Å². The molecule has 0 bridgehead atoms. The summed E-state index contributed by atoms with van der Waals surface area (Å²) < 4.78 is 1.18. The van der Waals surface area contributed by atoms with E-state index in [0.717, 1.165) is 6.42 Å². The summed E-state index contributed by atoms with van der Waals surface area (Å²) in [6, 6.07) is 0. The second-order valence-corrected chi connectivity index (χ2v) is 6.07. The molecule has 0 amide bonds. The maximum atomic E-state index is 9.15. The molecule has 0 saturated carbocycles. The summed E-state index contributed by atoms with van der Waals surface area (Å²) in [6.07, 6.45) is 0.935. The van der Waals surface area contributed by atoms with E-state index in [-0.39, 0.29) is 18.2 Å². The minimum Gasteiger partial charge on any atom is -0.391 e. The first-order chi connectivity index (χ1) is 3.56. The van der Waals surface area contributed by atoms with E-state index in [9.17, 15) is 0 Å². The molecule has 0 atom stereocenters. The number of hydrogen-bond donors (Lipinski definition) is 1. The summed E-state index contributed by atoms with van der Waals surface area (Å²) in [4.78, 5) is 0. The van der Waals surface area contributed by atoms with Crippen LogP contribution in [-0.2, 0) is 0 Å². The minimum atomic E-state index is -0.444. The van der Waals surface area contributed by atoms with Gasteiger partial charge in [-0.2, -0.15) is 0 Å². The lowest BCUT2D eigenvalue weighted by atomic mass is 10.1. The van der Waals surface area contributed by atoms with Gasteiger partial charge >= 0.3 is 18.2 Å². The van der Waals surface area contributed by atoms with Crippen LogP contribution in [0.15, 0.2) is 0 Å². The average Bonchev–Trinajstić information content (AvgIpc) is 1.59. The lowest BCUT2D eigenvalue weighted by Crippen LogP contribution is -2.17. The number of rotatable bonds is 3. The van der Waals surface area contributed by atoms with Crippen LogP contribution in [0.25, 0.3) is 0 Å². The SMILES string of the molecule is CC(C)(O)C[CH2][Mg][Br]. The molecule has 8 heavy (non-hydrogen) atoms. The highest BCUT2D eigenvalue weighted by Crippen LogP contribution is 2.10. The van der Waals surface area contributed by atoms with Crippen molar-refractivity contribution in [2.24, 2.45) is 0 Å². The van der Waals surface area contributed by atoms with Crippen molar-refractivity contribution in [2.75, 3.05) is 0 Å². The summed E-state index contributed by atoms with van der Waals surface area (Å²) in [5, 5.41) is 9.15. The largest absolute Gasteiger partial charge is 0.468 e. The average molecular weight is 191 g/mol. The van der Waals surface area contributed by atoms with Crippen LogP contribution in [0.4, 0.5) is 0 Å². The highest BCUT2D eigenvalue weighted by molar-refractivity contribution is 9.23. The number of halogens is 1. The Morgan fingerprint density at radius 2 is 2.12 bits per heavy atom. The molecular formula is C5H11BrMgO. The van der Waals surface area contributed by atoms with Crippen LogP contribution >= 0.6 is 12.9 Å². The zero-order valence-electron chi connectivity index (χ0n) is 5.45. The molecule has 0 unspecified atom stereocenters. The Hall–Kier alpha value is 1.21. The van der Waals surface area contributed by atoms with Crippen molar-refractivity contribution in [3.05, 3.63) is 0 Å². The fraction of sp³-hybridized carbons (Fsp3) is 1.00. The lowest BCUT2D eigenvalue weighted by Gasteiger charge is -2.15. The minimum absolute atomic E-state index is 0.0133. The van der Waals surface area contributed by atoms with Gasteiger partial charge in [-0.25, -0.2) is 0 Å². The molecule has 0 aliphatic heterocycles. The molecule has 46 valence electrons. The van der Waals surface area contributed by atoms with E-state index in [1.165, 1.54) is 4.55 Å². The molecule has 0 fully saturated rings.